The Morgan fingerprint density at radius 2 is 1.81 bits per heavy atom. The van der Waals surface area contributed by atoms with Gasteiger partial charge in [0.25, 0.3) is 0 Å². The number of hydrogen-bond donors (Lipinski definition) is 0. The summed E-state index contributed by atoms with van der Waals surface area (Å²) >= 11 is 0. The molecule has 3 nitrogen and oxygen atoms in total. The van der Waals surface area contributed by atoms with Gasteiger partial charge in [0.05, 0.1) is 6.07 Å². The van der Waals surface area contributed by atoms with Gasteiger partial charge in [-0.1, -0.05) is 30.3 Å². The summed E-state index contributed by atoms with van der Waals surface area (Å²) in [4.78, 5) is 4.50. The standard InChI is InChI=1S/C18H17N2O.BF4/c1-13-10-17-19-12-16-9-5-8-15(18(16)20(17)21-13)11-14-6-3-2-4-7-14;2-1(3,4)5/h2-4,6-7,10-12H,5,8-9H2,1H3;/q+1;-1. The van der Waals surface area contributed by atoms with Crippen LogP contribution in [0.1, 0.15) is 35.4 Å². The molecule has 8 heteroatoms. The zero-order valence-corrected chi connectivity index (χ0v) is 14.1. The summed E-state index contributed by atoms with van der Waals surface area (Å²) in [5.74, 6) is 0.889. The smallest absolute Gasteiger partial charge is 0.418 e. The Kier molecular flexibility index (Phi) is 5.11. The quantitative estimate of drug-likeness (QED) is 0.349. The summed E-state index contributed by atoms with van der Waals surface area (Å²) in [6.07, 6.45) is 7.57. The molecule has 0 atom stereocenters. The number of nitrogens with zero attached hydrogens (tertiary/aromatic N) is 2. The molecule has 4 rings (SSSR count). The Morgan fingerprint density at radius 1 is 1.12 bits per heavy atom. The topological polar surface area (TPSA) is 30.1 Å². The first-order valence-electron chi connectivity index (χ1n) is 8.25. The molecule has 1 aliphatic rings. The van der Waals surface area contributed by atoms with E-state index in [1.54, 1.807) is 0 Å². The van der Waals surface area contributed by atoms with Gasteiger partial charge in [0.1, 0.15) is 6.20 Å². The van der Waals surface area contributed by atoms with Crippen molar-refractivity contribution < 1.29 is 26.4 Å². The molecule has 2 heterocycles. The number of halogens is 4. The van der Waals surface area contributed by atoms with E-state index >= 15 is 0 Å². The van der Waals surface area contributed by atoms with Crippen LogP contribution in [0.5, 0.6) is 0 Å². The second-order valence-electron chi connectivity index (χ2n) is 6.06. The molecule has 0 fully saturated rings. The Morgan fingerprint density at radius 3 is 2.50 bits per heavy atom. The van der Waals surface area contributed by atoms with Gasteiger partial charge in [0.2, 0.25) is 0 Å². The van der Waals surface area contributed by atoms with Crippen LogP contribution in [0.4, 0.5) is 17.3 Å². The van der Waals surface area contributed by atoms with Crippen molar-refractivity contribution in [1.82, 2.24) is 4.98 Å². The number of fused-ring (bicyclic) bond motifs is 3. The third kappa shape index (κ3) is 4.50. The van der Waals surface area contributed by atoms with Gasteiger partial charge in [-0.3, -0.25) is 0 Å². The summed E-state index contributed by atoms with van der Waals surface area (Å²) in [7, 11) is -6.00. The number of aromatic nitrogens is 2. The van der Waals surface area contributed by atoms with Crippen LogP contribution in [0.15, 0.2) is 47.1 Å². The molecule has 0 saturated carbocycles. The molecular weight excluding hydrogens is 347 g/mol. The van der Waals surface area contributed by atoms with Gasteiger partial charge in [-0.05, 0) is 47.4 Å². The van der Waals surface area contributed by atoms with Gasteiger partial charge in [-0.2, -0.15) is 0 Å². The molecule has 3 aromatic rings. The molecule has 0 spiro atoms. The van der Waals surface area contributed by atoms with Crippen LogP contribution in [0, 0.1) is 6.92 Å². The maximum absolute atomic E-state index is 9.75. The molecule has 2 aromatic heterocycles. The van der Waals surface area contributed by atoms with E-state index in [1.165, 1.54) is 28.8 Å². The minimum atomic E-state index is -6.00. The van der Waals surface area contributed by atoms with Gasteiger partial charge in [-0.25, -0.2) is 0 Å². The lowest BCUT2D eigenvalue weighted by atomic mass is 9.91. The highest BCUT2D eigenvalue weighted by molar-refractivity contribution is 6.50. The normalized spacial score (nSPS) is 15.5. The average molecular weight is 364 g/mol. The van der Waals surface area contributed by atoms with Gasteiger partial charge in [-0.15, -0.1) is 0 Å². The zero-order chi connectivity index (χ0) is 18.7. The van der Waals surface area contributed by atoms with E-state index in [2.05, 4.69) is 35.3 Å². The SMILES string of the molecule is Cc1cc2ncc3c([n+]2o1)C(=Cc1ccccc1)CCC3.F[B-](F)(F)F. The lowest BCUT2D eigenvalue weighted by Crippen LogP contribution is -2.29. The Hall–Kier alpha value is -2.64. The van der Waals surface area contributed by atoms with E-state index in [1.807, 2.05) is 29.8 Å². The van der Waals surface area contributed by atoms with Crippen molar-refractivity contribution in [3.63, 3.8) is 0 Å². The number of benzene rings is 1. The van der Waals surface area contributed by atoms with E-state index < -0.39 is 7.25 Å². The molecule has 0 amide bonds. The predicted octanol–water partition coefficient (Wildman–Crippen LogP) is 4.90. The van der Waals surface area contributed by atoms with E-state index in [-0.39, 0.29) is 0 Å². The van der Waals surface area contributed by atoms with Gasteiger partial charge in [0, 0.05) is 11.1 Å². The molecule has 1 aromatic carbocycles. The van der Waals surface area contributed by atoms with Crippen molar-refractivity contribution in [1.29, 1.82) is 0 Å². The van der Waals surface area contributed by atoms with Crippen LogP contribution in [0.3, 0.4) is 0 Å². The number of hydrogen-bond acceptors (Lipinski definition) is 2. The number of aryl methyl sites for hydroxylation is 2. The molecule has 0 bridgehead atoms. The van der Waals surface area contributed by atoms with Crippen LogP contribution >= 0.6 is 0 Å². The van der Waals surface area contributed by atoms with Crippen LogP contribution in [-0.2, 0) is 6.42 Å². The molecule has 0 N–H and O–H groups in total. The molecule has 26 heavy (non-hydrogen) atoms. The van der Waals surface area contributed by atoms with Crippen LogP contribution in [-0.4, -0.2) is 12.2 Å². The predicted molar refractivity (Wildman–Crippen MR) is 91.8 cm³/mol. The van der Waals surface area contributed by atoms with Crippen molar-refractivity contribution in [2.45, 2.75) is 26.2 Å². The molecule has 0 aliphatic heterocycles. The first kappa shape index (κ1) is 18.2. The Bertz CT molecular complexity index is 930. The maximum Gasteiger partial charge on any atom is 0.673 e. The first-order valence-corrected chi connectivity index (χ1v) is 8.25. The summed E-state index contributed by atoms with van der Waals surface area (Å²) in [6, 6.07) is 12.4. The van der Waals surface area contributed by atoms with Gasteiger partial charge < -0.3 is 21.8 Å². The summed E-state index contributed by atoms with van der Waals surface area (Å²) in [5.41, 5.74) is 5.90. The number of rotatable bonds is 1. The van der Waals surface area contributed by atoms with E-state index in [0.29, 0.717) is 0 Å². The van der Waals surface area contributed by atoms with Crippen LogP contribution in [0.2, 0.25) is 0 Å². The van der Waals surface area contributed by atoms with Crippen molar-refractivity contribution in [3.05, 3.63) is 65.2 Å². The summed E-state index contributed by atoms with van der Waals surface area (Å²) in [6.45, 7) is 1.96. The Labute approximate surface area is 148 Å². The molecule has 1 aliphatic carbocycles. The lowest BCUT2D eigenvalue weighted by Gasteiger charge is -2.14. The third-order valence-corrected chi connectivity index (χ3v) is 3.97. The van der Waals surface area contributed by atoms with Crippen molar-refractivity contribution in [2.24, 2.45) is 0 Å². The van der Waals surface area contributed by atoms with E-state index in [4.69, 9.17) is 4.52 Å². The summed E-state index contributed by atoms with van der Waals surface area (Å²) in [5, 5.41) is 0. The monoisotopic (exact) mass is 364 g/mol. The zero-order valence-electron chi connectivity index (χ0n) is 14.1. The first-order chi connectivity index (χ1) is 12.3. The average Bonchev–Trinajstić information content (AvgIpc) is 2.95. The van der Waals surface area contributed by atoms with Crippen molar-refractivity contribution in [2.75, 3.05) is 0 Å². The van der Waals surface area contributed by atoms with Crippen LogP contribution in [0.25, 0.3) is 17.3 Å². The Balaban J connectivity index is 0.000000349. The summed E-state index contributed by atoms with van der Waals surface area (Å²) < 4.78 is 46.7. The minimum Gasteiger partial charge on any atom is -0.418 e. The second-order valence-corrected chi connectivity index (χ2v) is 6.06. The largest absolute Gasteiger partial charge is 0.673 e. The number of allylic oxidation sites excluding steroid dienone is 1. The van der Waals surface area contributed by atoms with E-state index in [0.717, 1.165) is 24.2 Å². The molecule has 136 valence electrons. The molecule has 0 radical (unpaired) electrons. The van der Waals surface area contributed by atoms with E-state index in [9.17, 15) is 17.3 Å². The fraction of sp³-hybridized carbons (Fsp3) is 0.222. The van der Waals surface area contributed by atoms with Gasteiger partial charge in [0.15, 0.2) is 11.5 Å². The van der Waals surface area contributed by atoms with Crippen molar-refractivity contribution in [3.8, 4) is 0 Å². The molecular formula is C18H17BF4N2O. The van der Waals surface area contributed by atoms with Crippen LogP contribution < -0.4 is 4.57 Å². The highest BCUT2D eigenvalue weighted by Gasteiger charge is 2.26. The highest BCUT2D eigenvalue weighted by Crippen LogP contribution is 2.30. The van der Waals surface area contributed by atoms with Gasteiger partial charge >= 0.3 is 12.9 Å². The van der Waals surface area contributed by atoms with Crippen molar-refractivity contribution >= 4 is 24.6 Å². The lowest BCUT2D eigenvalue weighted by molar-refractivity contribution is -0.722. The fourth-order valence-electron chi connectivity index (χ4n) is 3.04. The molecule has 0 saturated heterocycles. The molecule has 0 unspecified atom stereocenters. The second kappa shape index (κ2) is 7.31. The fourth-order valence-corrected chi connectivity index (χ4v) is 3.04. The minimum absolute atomic E-state index is 0.882. The maximum atomic E-state index is 9.75. The highest BCUT2D eigenvalue weighted by atomic mass is 19.5. The third-order valence-electron chi connectivity index (χ3n) is 3.97.